The molecule has 0 radical (unpaired) electrons. The zero-order valence-corrected chi connectivity index (χ0v) is 13.4. The Morgan fingerprint density at radius 3 is 2.43 bits per heavy atom. The van der Waals surface area contributed by atoms with E-state index in [1.165, 1.54) is 4.68 Å². The number of benzene rings is 1. The lowest BCUT2D eigenvalue weighted by molar-refractivity contribution is -0.126. The van der Waals surface area contributed by atoms with Crippen LogP contribution in [-0.2, 0) is 4.79 Å². The number of carbonyl (C=O) groups is 1. The summed E-state index contributed by atoms with van der Waals surface area (Å²) in [6.07, 6.45) is 1.84. The van der Waals surface area contributed by atoms with Gasteiger partial charge in [0.2, 0.25) is 0 Å². The highest BCUT2D eigenvalue weighted by molar-refractivity contribution is 6.18. The number of nitrogens with zero attached hydrogens (tertiary/aromatic N) is 6. The summed E-state index contributed by atoms with van der Waals surface area (Å²) in [7, 11) is 2.06. The number of carbonyl (C=O) groups excluding carboxylic acids is 1. The van der Waals surface area contributed by atoms with E-state index in [9.17, 15) is 4.79 Å². The number of tetrazole rings is 1. The van der Waals surface area contributed by atoms with Crippen LogP contribution in [-0.4, -0.2) is 69.1 Å². The van der Waals surface area contributed by atoms with E-state index >= 15 is 0 Å². The summed E-state index contributed by atoms with van der Waals surface area (Å²) in [4.78, 5) is 17.1. The number of piperazine rings is 1. The first-order chi connectivity index (χ1) is 11.1. The van der Waals surface area contributed by atoms with Gasteiger partial charge in [0.25, 0.3) is 5.91 Å². The summed E-state index contributed by atoms with van der Waals surface area (Å²) in [5.41, 5.74) is 1.42. The van der Waals surface area contributed by atoms with E-state index in [2.05, 4.69) is 27.5 Å². The molecule has 7 nitrogen and oxygen atoms in total. The Morgan fingerprint density at radius 1 is 1.13 bits per heavy atom. The summed E-state index contributed by atoms with van der Waals surface area (Å²) in [6.45, 7) is 4.96. The van der Waals surface area contributed by atoms with E-state index in [-0.39, 0.29) is 5.91 Å². The molecule has 1 amide bonds. The van der Waals surface area contributed by atoms with Crippen LogP contribution in [0.2, 0.25) is 0 Å². The maximum atomic E-state index is 13.0. The molecule has 0 aliphatic carbocycles. The van der Waals surface area contributed by atoms with Crippen LogP contribution >= 0.6 is 0 Å². The van der Waals surface area contributed by atoms with Crippen molar-refractivity contribution < 1.29 is 4.79 Å². The van der Waals surface area contributed by atoms with Crippen molar-refractivity contribution in [3.63, 3.8) is 0 Å². The summed E-state index contributed by atoms with van der Waals surface area (Å²) in [5, 5.41) is 11.5. The number of hydrogen-bond donors (Lipinski definition) is 0. The van der Waals surface area contributed by atoms with Gasteiger partial charge in [0.15, 0.2) is 5.82 Å². The van der Waals surface area contributed by atoms with Crippen molar-refractivity contribution in [3.05, 3.63) is 41.7 Å². The van der Waals surface area contributed by atoms with Crippen molar-refractivity contribution in [1.29, 1.82) is 0 Å². The molecule has 1 aromatic carbocycles. The molecule has 0 atom stereocenters. The molecule has 0 N–H and O–H groups in total. The van der Waals surface area contributed by atoms with Gasteiger partial charge in [-0.05, 0) is 36.0 Å². The first-order valence-corrected chi connectivity index (χ1v) is 7.65. The monoisotopic (exact) mass is 312 g/mol. The maximum Gasteiger partial charge on any atom is 0.272 e. The molecule has 0 unspecified atom stereocenters. The van der Waals surface area contributed by atoms with Crippen molar-refractivity contribution in [3.8, 4) is 0 Å². The van der Waals surface area contributed by atoms with Gasteiger partial charge in [-0.3, -0.25) is 4.79 Å². The molecule has 1 saturated heterocycles. The van der Waals surface area contributed by atoms with Gasteiger partial charge in [-0.25, -0.2) is 0 Å². The van der Waals surface area contributed by atoms with Crippen LogP contribution in [0.15, 0.2) is 30.3 Å². The van der Waals surface area contributed by atoms with E-state index in [0.29, 0.717) is 24.6 Å². The Bertz CT molecular complexity index is 700. The second-order valence-electron chi connectivity index (χ2n) is 5.67. The van der Waals surface area contributed by atoms with Crippen LogP contribution in [0.1, 0.15) is 11.4 Å². The van der Waals surface area contributed by atoms with Gasteiger partial charge < -0.3 is 9.80 Å². The van der Waals surface area contributed by atoms with Gasteiger partial charge in [-0.1, -0.05) is 30.3 Å². The Labute approximate surface area is 135 Å². The zero-order valence-electron chi connectivity index (χ0n) is 13.4. The lowest BCUT2D eigenvalue weighted by atomic mass is 10.1. The van der Waals surface area contributed by atoms with Gasteiger partial charge in [0.05, 0.1) is 0 Å². The van der Waals surface area contributed by atoms with Crippen LogP contribution in [0.4, 0.5) is 0 Å². The number of rotatable bonds is 3. The maximum absolute atomic E-state index is 13.0. The highest BCUT2D eigenvalue weighted by atomic mass is 16.2. The Balaban J connectivity index is 1.94. The zero-order chi connectivity index (χ0) is 16.2. The van der Waals surface area contributed by atoms with Gasteiger partial charge in [-0.15, -0.1) is 5.10 Å². The first-order valence-electron chi connectivity index (χ1n) is 7.65. The highest BCUT2D eigenvalue weighted by Crippen LogP contribution is 2.16. The third kappa shape index (κ3) is 3.45. The second kappa shape index (κ2) is 6.70. The third-order valence-corrected chi connectivity index (χ3v) is 3.97. The number of aryl methyl sites for hydroxylation is 1. The molecule has 1 aliphatic heterocycles. The molecule has 7 heteroatoms. The van der Waals surface area contributed by atoms with E-state index < -0.39 is 0 Å². The van der Waals surface area contributed by atoms with Crippen molar-refractivity contribution in [2.24, 2.45) is 0 Å². The molecule has 23 heavy (non-hydrogen) atoms. The van der Waals surface area contributed by atoms with E-state index in [1.807, 2.05) is 41.3 Å². The molecule has 0 spiro atoms. The normalized spacial score (nSPS) is 16.6. The van der Waals surface area contributed by atoms with Gasteiger partial charge in [0.1, 0.15) is 5.70 Å². The number of aromatic nitrogens is 4. The molecule has 3 rings (SSSR count). The van der Waals surface area contributed by atoms with Crippen LogP contribution in [0.5, 0.6) is 0 Å². The topological polar surface area (TPSA) is 67.2 Å². The lowest BCUT2D eigenvalue weighted by Gasteiger charge is -2.32. The Kier molecular flexibility index (Phi) is 4.47. The van der Waals surface area contributed by atoms with E-state index in [1.54, 1.807) is 6.92 Å². The number of hydrogen-bond acceptors (Lipinski definition) is 5. The Morgan fingerprint density at radius 2 is 1.83 bits per heavy atom. The van der Waals surface area contributed by atoms with Gasteiger partial charge >= 0.3 is 0 Å². The van der Waals surface area contributed by atoms with Crippen molar-refractivity contribution in [2.45, 2.75) is 6.92 Å². The third-order valence-electron chi connectivity index (χ3n) is 3.97. The number of likely N-dealkylation sites (N-methyl/N-ethyl adjacent to an activating group) is 1. The molecule has 1 fully saturated rings. The lowest BCUT2D eigenvalue weighted by Crippen LogP contribution is -2.47. The minimum atomic E-state index is -0.0441. The van der Waals surface area contributed by atoms with Crippen LogP contribution in [0, 0.1) is 6.92 Å². The molecule has 1 aromatic heterocycles. The average Bonchev–Trinajstić information content (AvgIpc) is 2.99. The molecule has 1 aliphatic rings. The Hall–Kier alpha value is -2.54. The fourth-order valence-electron chi connectivity index (χ4n) is 2.55. The second-order valence-corrected chi connectivity index (χ2v) is 5.67. The molecule has 0 bridgehead atoms. The predicted molar refractivity (Wildman–Crippen MR) is 87.2 cm³/mol. The minimum absolute atomic E-state index is 0.0441. The molecule has 0 saturated carbocycles. The fourth-order valence-corrected chi connectivity index (χ4v) is 2.55. The van der Waals surface area contributed by atoms with Gasteiger partial charge in [0, 0.05) is 26.2 Å². The molecular weight excluding hydrogens is 292 g/mol. The van der Waals surface area contributed by atoms with E-state index in [4.69, 9.17) is 0 Å². The summed E-state index contributed by atoms with van der Waals surface area (Å²) < 4.78 is 1.51. The van der Waals surface area contributed by atoms with Crippen LogP contribution in [0.3, 0.4) is 0 Å². The first kappa shape index (κ1) is 15.4. The average molecular weight is 312 g/mol. The largest absolute Gasteiger partial charge is 0.335 e. The summed E-state index contributed by atoms with van der Waals surface area (Å²) in [6, 6.07) is 9.74. The summed E-state index contributed by atoms with van der Waals surface area (Å²) in [5.74, 6) is 0.548. The quantitative estimate of drug-likeness (QED) is 0.783. The fraction of sp³-hybridized carbons (Fsp3) is 0.375. The van der Waals surface area contributed by atoms with Crippen molar-refractivity contribution >= 4 is 17.7 Å². The molecular formula is C16H20N6O. The van der Waals surface area contributed by atoms with E-state index in [0.717, 1.165) is 18.7 Å². The molecule has 2 aromatic rings. The number of amides is 1. The molecule has 120 valence electrons. The van der Waals surface area contributed by atoms with Gasteiger partial charge in [-0.2, -0.15) is 4.68 Å². The predicted octanol–water partition coefficient (Wildman–Crippen LogP) is 0.754. The van der Waals surface area contributed by atoms with Crippen LogP contribution < -0.4 is 0 Å². The molecule has 2 heterocycles. The smallest absolute Gasteiger partial charge is 0.272 e. The van der Waals surface area contributed by atoms with Crippen LogP contribution in [0.25, 0.3) is 11.8 Å². The highest BCUT2D eigenvalue weighted by Gasteiger charge is 2.25. The van der Waals surface area contributed by atoms with Crippen molar-refractivity contribution in [1.82, 2.24) is 30.0 Å². The SMILES string of the molecule is Cc1nnnn1/C(=C\c1ccccc1)C(=O)N1CCN(C)CC1. The standard InChI is InChI=1S/C16H20N6O/c1-13-17-18-19-22(13)15(12-14-6-4-3-5-7-14)16(23)21-10-8-20(2)9-11-21/h3-7,12H,8-11H2,1-2H3/b15-12-. The summed E-state index contributed by atoms with van der Waals surface area (Å²) >= 11 is 0. The minimum Gasteiger partial charge on any atom is -0.335 e. The van der Waals surface area contributed by atoms with Crippen molar-refractivity contribution in [2.75, 3.05) is 33.2 Å².